The number of nitrogens with zero attached hydrogens (tertiary/aromatic N) is 1. The number of carbonyl (C=O) groups excluding carboxylic acids is 3. The molecule has 5 nitrogen and oxygen atoms in total. The van der Waals surface area contributed by atoms with Gasteiger partial charge in [0.2, 0.25) is 5.91 Å². The lowest BCUT2D eigenvalue weighted by molar-refractivity contribution is -0.135. The molecule has 0 fully saturated rings. The Morgan fingerprint density at radius 3 is 2.58 bits per heavy atom. The fourth-order valence-electron chi connectivity index (χ4n) is 2.96. The first kappa shape index (κ1) is 18.5. The van der Waals surface area contributed by atoms with Crippen molar-refractivity contribution >= 4 is 45.3 Å². The van der Waals surface area contributed by atoms with Crippen molar-refractivity contribution in [1.82, 2.24) is 4.90 Å². The fourth-order valence-corrected chi connectivity index (χ4v) is 3.69. The van der Waals surface area contributed by atoms with Crippen molar-refractivity contribution in [3.63, 3.8) is 0 Å². The number of hydrogen-bond donors (Lipinski definition) is 1. The Hall–Kier alpha value is -2.25. The molecule has 2 aromatic carbocycles. The quantitative estimate of drug-likeness (QED) is 0.587. The lowest BCUT2D eigenvalue weighted by Crippen LogP contribution is -2.52. The zero-order valence-corrected chi connectivity index (χ0v) is 15.7. The predicted molar refractivity (Wildman–Crippen MR) is 96.8 cm³/mol. The normalized spacial score (nSPS) is 19.4. The molecule has 8 heteroatoms. The number of nitrogens with two attached hydrogens (primary N) is 1. The molecule has 3 rings (SSSR count). The molecule has 0 radical (unpaired) electrons. The Morgan fingerprint density at radius 2 is 1.92 bits per heavy atom. The maximum atomic E-state index is 14.2. The van der Waals surface area contributed by atoms with Crippen molar-refractivity contribution in [3.05, 3.63) is 69.4 Å². The van der Waals surface area contributed by atoms with Crippen LogP contribution >= 0.6 is 27.5 Å². The number of imide groups is 1. The molecule has 2 N–H and O–H groups in total. The number of fused-ring (bicyclic) bond motifs is 1. The van der Waals surface area contributed by atoms with Crippen molar-refractivity contribution in [2.24, 2.45) is 5.73 Å². The van der Waals surface area contributed by atoms with Crippen LogP contribution in [0.1, 0.15) is 27.9 Å². The van der Waals surface area contributed by atoms with Crippen LogP contribution in [0.4, 0.5) is 4.39 Å². The summed E-state index contributed by atoms with van der Waals surface area (Å²) in [5, 5.41) is 0. The van der Waals surface area contributed by atoms with E-state index >= 15 is 0 Å². The Balaban J connectivity index is 2.08. The van der Waals surface area contributed by atoms with Crippen LogP contribution in [0.15, 0.2) is 46.9 Å². The van der Waals surface area contributed by atoms with Gasteiger partial charge in [-0.2, -0.15) is 0 Å². The number of benzene rings is 2. The molecule has 2 aromatic rings. The van der Waals surface area contributed by atoms with Crippen LogP contribution in [-0.2, 0) is 21.0 Å². The Kier molecular flexibility index (Phi) is 4.86. The Bertz CT molecular complexity index is 936. The van der Waals surface area contributed by atoms with Crippen LogP contribution in [0.3, 0.4) is 0 Å². The van der Waals surface area contributed by atoms with Crippen LogP contribution in [0.5, 0.6) is 0 Å². The third-order valence-electron chi connectivity index (χ3n) is 4.18. The number of halogens is 3. The second-order valence-electron chi connectivity index (χ2n) is 5.92. The summed E-state index contributed by atoms with van der Waals surface area (Å²) in [5.74, 6) is -2.76. The molecule has 0 bridgehead atoms. The summed E-state index contributed by atoms with van der Waals surface area (Å²) in [4.78, 5) is 36.3. The molecule has 1 unspecified atom stereocenters. The minimum absolute atomic E-state index is 0.146. The third kappa shape index (κ3) is 3.12. The number of amides is 3. The van der Waals surface area contributed by atoms with Crippen LogP contribution < -0.4 is 5.73 Å². The van der Waals surface area contributed by atoms with E-state index in [4.69, 9.17) is 17.3 Å². The van der Waals surface area contributed by atoms with E-state index in [2.05, 4.69) is 15.9 Å². The van der Waals surface area contributed by atoms with Gasteiger partial charge in [0.25, 0.3) is 11.8 Å². The molecule has 1 heterocycles. The van der Waals surface area contributed by atoms with E-state index in [1.807, 2.05) is 0 Å². The first-order valence-corrected chi connectivity index (χ1v) is 8.78. The summed E-state index contributed by atoms with van der Waals surface area (Å²) < 4.78 is 14.7. The maximum Gasteiger partial charge on any atom is 0.261 e. The van der Waals surface area contributed by atoms with Gasteiger partial charge in [-0.05, 0) is 23.8 Å². The van der Waals surface area contributed by atoms with Crippen LogP contribution in [0, 0.1) is 5.82 Å². The first-order chi connectivity index (χ1) is 12.2. The minimum atomic E-state index is -1.80. The van der Waals surface area contributed by atoms with Gasteiger partial charge in [-0.3, -0.25) is 19.3 Å². The van der Waals surface area contributed by atoms with Crippen molar-refractivity contribution in [1.29, 1.82) is 0 Å². The lowest BCUT2D eigenvalue weighted by atomic mass is 9.85. The van der Waals surface area contributed by atoms with Gasteiger partial charge in [0.05, 0.1) is 13.0 Å². The largest absolute Gasteiger partial charge is 0.370 e. The van der Waals surface area contributed by atoms with Crippen molar-refractivity contribution < 1.29 is 18.8 Å². The molecule has 0 aromatic heterocycles. The molecule has 1 atom stereocenters. The fraction of sp³-hybridized carbons (Fsp3) is 0.167. The molecule has 3 amide bonds. The molecule has 0 spiro atoms. The summed E-state index contributed by atoms with van der Waals surface area (Å²) in [5.41, 5.74) is 5.81. The number of primary amides is 1. The van der Waals surface area contributed by atoms with Gasteiger partial charge in [-0.15, -0.1) is 11.6 Å². The highest BCUT2D eigenvalue weighted by atomic mass is 79.9. The number of alkyl halides is 1. The van der Waals surface area contributed by atoms with E-state index in [1.165, 1.54) is 24.3 Å². The van der Waals surface area contributed by atoms with E-state index in [-0.39, 0.29) is 23.2 Å². The van der Waals surface area contributed by atoms with E-state index < -0.39 is 34.8 Å². The van der Waals surface area contributed by atoms with E-state index in [1.54, 1.807) is 18.2 Å². The summed E-state index contributed by atoms with van der Waals surface area (Å²) in [6, 6.07) is 10.5. The smallest absolute Gasteiger partial charge is 0.261 e. The van der Waals surface area contributed by atoms with Gasteiger partial charge >= 0.3 is 0 Å². The molecule has 134 valence electrons. The van der Waals surface area contributed by atoms with E-state index in [0.717, 1.165) is 4.90 Å². The van der Waals surface area contributed by atoms with Crippen molar-refractivity contribution in [3.8, 4) is 0 Å². The van der Waals surface area contributed by atoms with E-state index in [9.17, 15) is 18.8 Å². The van der Waals surface area contributed by atoms with Crippen LogP contribution in [0.2, 0.25) is 0 Å². The first-order valence-electron chi connectivity index (χ1n) is 7.61. The molecular formula is C18H13BrClFN2O3. The van der Waals surface area contributed by atoms with Gasteiger partial charge in [-0.1, -0.05) is 40.2 Å². The zero-order chi connectivity index (χ0) is 19.1. The summed E-state index contributed by atoms with van der Waals surface area (Å²) in [6.07, 6.45) is -0.475. The number of hydrogen-bond acceptors (Lipinski definition) is 3. The second-order valence-corrected chi connectivity index (χ2v) is 7.48. The number of carbonyl (C=O) groups is 3. The van der Waals surface area contributed by atoms with Crippen LogP contribution in [0.25, 0.3) is 0 Å². The van der Waals surface area contributed by atoms with Crippen LogP contribution in [-0.4, -0.2) is 22.6 Å². The molecule has 1 aliphatic rings. The topological polar surface area (TPSA) is 80.5 Å². The Labute approximate surface area is 162 Å². The van der Waals surface area contributed by atoms with Gasteiger partial charge in [0, 0.05) is 15.6 Å². The summed E-state index contributed by atoms with van der Waals surface area (Å²) in [6.45, 7) is -0.307. The monoisotopic (exact) mass is 438 g/mol. The molecule has 0 aliphatic carbocycles. The molecular weight excluding hydrogens is 427 g/mol. The number of rotatable bonds is 4. The highest BCUT2D eigenvalue weighted by Gasteiger charge is 2.50. The average Bonchev–Trinajstić information content (AvgIpc) is 2.58. The summed E-state index contributed by atoms with van der Waals surface area (Å²) in [7, 11) is 0. The standard InChI is InChI=1S/C18H13BrClFN2O3/c19-11-6-5-10(14(21)7-11)9-23-16(25)12-3-1-2-4-13(12)18(20,17(23)26)8-15(22)24/h1-7H,8-9H2,(H2,22,24). The van der Waals surface area contributed by atoms with Gasteiger partial charge in [-0.25, -0.2) is 4.39 Å². The zero-order valence-electron chi connectivity index (χ0n) is 13.3. The SMILES string of the molecule is NC(=O)CC1(Cl)C(=O)N(Cc2ccc(Br)cc2F)C(=O)c2ccccc21. The molecule has 0 saturated heterocycles. The second kappa shape index (κ2) is 6.81. The highest BCUT2D eigenvalue weighted by Crippen LogP contribution is 2.41. The molecule has 1 aliphatic heterocycles. The Morgan fingerprint density at radius 1 is 1.23 bits per heavy atom. The molecule has 26 heavy (non-hydrogen) atoms. The minimum Gasteiger partial charge on any atom is -0.370 e. The lowest BCUT2D eigenvalue weighted by Gasteiger charge is -2.37. The van der Waals surface area contributed by atoms with Gasteiger partial charge < -0.3 is 5.73 Å². The van der Waals surface area contributed by atoms with Gasteiger partial charge in [0.15, 0.2) is 4.87 Å². The average molecular weight is 440 g/mol. The maximum absolute atomic E-state index is 14.2. The third-order valence-corrected chi connectivity index (χ3v) is 5.17. The highest BCUT2D eigenvalue weighted by molar-refractivity contribution is 9.10. The summed E-state index contributed by atoms with van der Waals surface area (Å²) >= 11 is 9.65. The van der Waals surface area contributed by atoms with Crippen molar-refractivity contribution in [2.75, 3.05) is 0 Å². The van der Waals surface area contributed by atoms with Gasteiger partial charge in [0.1, 0.15) is 5.82 Å². The van der Waals surface area contributed by atoms with Crippen molar-refractivity contribution in [2.45, 2.75) is 17.8 Å². The predicted octanol–water partition coefficient (Wildman–Crippen LogP) is 3.08. The van der Waals surface area contributed by atoms with E-state index in [0.29, 0.717) is 4.47 Å². The molecule has 0 saturated carbocycles.